The van der Waals surface area contributed by atoms with Crippen molar-refractivity contribution in [3.05, 3.63) is 117 Å². The van der Waals surface area contributed by atoms with E-state index in [0.717, 1.165) is 85.5 Å². The van der Waals surface area contributed by atoms with Crippen molar-refractivity contribution >= 4 is 11.9 Å². The minimum Gasteiger partial charge on any atom is -0.496 e. The molecule has 2 spiro atoms. The number of rotatable bonds is 12. The Labute approximate surface area is 380 Å². The van der Waals surface area contributed by atoms with Crippen LogP contribution in [0.15, 0.2) is 72.8 Å². The molecule has 6 atom stereocenters. The van der Waals surface area contributed by atoms with Crippen LogP contribution >= 0.6 is 0 Å². The summed E-state index contributed by atoms with van der Waals surface area (Å²) in [5.41, 5.74) is 10.1. The van der Waals surface area contributed by atoms with Gasteiger partial charge in [0.15, 0.2) is 0 Å². The molecule has 64 heavy (non-hydrogen) atoms. The summed E-state index contributed by atoms with van der Waals surface area (Å²) in [6, 6.07) is 25.4. The lowest BCUT2D eigenvalue weighted by atomic mass is 9.77. The summed E-state index contributed by atoms with van der Waals surface area (Å²) in [6.45, 7) is 10.4. The summed E-state index contributed by atoms with van der Waals surface area (Å²) in [6.07, 6.45) is 15.1. The zero-order valence-corrected chi connectivity index (χ0v) is 38.9. The number of carboxylic acids is 2. The molecule has 6 aliphatic rings. The zero-order valence-electron chi connectivity index (χ0n) is 38.9. The van der Waals surface area contributed by atoms with E-state index in [-0.39, 0.29) is 33.5 Å². The highest BCUT2D eigenvalue weighted by Gasteiger charge is 2.61. The third-order valence-corrected chi connectivity index (χ3v) is 16.8. The molecule has 0 radical (unpaired) electrons. The van der Waals surface area contributed by atoms with Gasteiger partial charge in [0.1, 0.15) is 36.2 Å². The van der Waals surface area contributed by atoms with Crippen molar-refractivity contribution in [2.45, 2.75) is 153 Å². The van der Waals surface area contributed by atoms with E-state index in [2.05, 4.69) is 88.4 Å². The second kappa shape index (κ2) is 17.1. The van der Waals surface area contributed by atoms with Crippen molar-refractivity contribution in [2.75, 3.05) is 14.2 Å². The quantitative estimate of drug-likeness (QED) is 0.145. The molecular weight excluding hydrogens is 801 g/mol. The number of hydrogen-bond donors (Lipinski definition) is 2. The molecule has 0 aromatic heterocycles. The minimum absolute atomic E-state index is 0.167. The molecule has 8 nitrogen and oxygen atoms in total. The maximum absolute atomic E-state index is 11.6. The van der Waals surface area contributed by atoms with Gasteiger partial charge in [-0.25, -0.2) is 0 Å². The maximum Gasteiger partial charge on any atom is 0.307 e. The van der Waals surface area contributed by atoms with Gasteiger partial charge in [-0.1, -0.05) is 64.8 Å². The van der Waals surface area contributed by atoms with E-state index < -0.39 is 11.9 Å². The minimum atomic E-state index is -0.662. The van der Waals surface area contributed by atoms with E-state index >= 15 is 0 Å². The van der Waals surface area contributed by atoms with Crippen LogP contribution < -0.4 is 18.9 Å². The van der Waals surface area contributed by atoms with Crippen LogP contribution in [0.3, 0.4) is 0 Å². The molecule has 0 heterocycles. The van der Waals surface area contributed by atoms with Gasteiger partial charge >= 0.3 is 11.9 Å². The van der Waals surface area contributed by atoms with Gasteiger partial charge in [-0.3, -0.25) is 9.59 Å². The topological polar surface area (TPSA) is 112 Å². The van der Waals surface area contributed by atoms with Crippen LogP contribution in [-0.2, 0) is 46.5 Å². The van der Waals surface area contributed by atoms with Gasteiger partial charge in [0.2, 0.25) is 0 Å². The Morgan fingerprint density at radius 3 is 1.33 bits per heavy atom. The number of aliphatic carboxylic acids is 2. The number of ether oxygens (including phenoxy) is 4. The van der Waals surface area contributed by atoms with E-state index in [4.69, 9.17) is 18.9 Å². The highest BCUT2D eigenvalue weighted by molar-refractivity contribution is 5.78. The number of carbonyl (C=O) groups is 2. The second-order valence-electron chi connectivity index (χ2n) is 21.4. The van der Waals surface area contributed by atoms with E-state index in [1.807, 2.05) is 12.1 Å². The summed E-state index contributed by atoms with van der Waals surface area (Å²) in [7, 11) is 3.50. The summed E-state index contributed by atoms with van der Waals surface area (Å²) in [5, 5.41) is 19.1. The van der Waals surface area contributed by atoms with E-state index in [1.165, 1.54) is 71.9 Å². The largest absolute Gasteiger partial charge is 0.496 e. The van der Waals surface area contributed by atoms with Gasteiger partial charge in [-0.15, -0.1) is 0 Å². The molecule has 4 aromatic rings. The van der Waals surface area contributed by atoms with Gasteiger partial charge in [0.05, 0.1) is 26.1 Å². The van der Waals surface area contributed by atoms with Crippen LogP contribution in [-0.4, -0.2) is 36.4 Å². The molecule has 0 saturated heterocycles. The first-order valence-electron chi connectivity index (χ1n) is 24.0. The lowest BCUT2D eigenvalue weighted by Crippen LogP contribution is -2.21. The molecule has 6 aliphatic carbocycles. The van der Waals surface area contributed by atoms with Crippen LogP contribution in [0.5, 0.6) is 23.0 Å². The molecule has 0 amide bonds. The molecule has 340 valence electrons. The molecular formula is C56H68O8. The van der Waals surface area contributed by atoms with E-state index in [0.29, 0.717) is 25.0 Å². The van der Waals surface area contributed by atoms with Crippen LogP contribution in [0.4, 0.5) is 0 Å². The van der Waals surface area contributed by atoms with Gasteiger partial charge < -0.3 is 29.2 Å². The van der Waals surface area contributed by atoms with Gasteiger partial charge in [-0.05, 0) is 193 Å². The maximum atomic E-state index is 11.6. The Hall–Kier alpha value is -4.98. The fourth-order valence-electron chi connectivity index (χ4n) is 12.9. The highest BCUT2D eigenvalue weighted by atomic mass is 16.5. The van der Waals surface area contributed by atoms with Crippen molar-refractivity contribution < 1.29 is 38.7 Å². The first kappa shape index (κ1) is 44.2. The number of fused-ring (bicyclic) bond motifs is 4. The number of methoxy groups -OCH3 is 2. The molecule has 2 N–H and O–H groups in total. The third kappa shape index (κ3) is 8.28. The van der Waals surface area contributed by atoms with Crippen molar-refractivity contribution in [1.82, 2.24) is 0 Å². The van der Waals surface area contributed by atoms with Crippen LogP contribution in [0.1, 0.15) is 161 Å². The molecule has 0 bridgehead atoms. The Morgan fingerprint density at radius 1 is 0.562 bits per heavy atom. The molecule has 10 rings (SSSR count). The summed E-state index contributed by atoms with van der Waals surface area (Å²) in [4.78, 5) is 23.3. The van der Waals surface area contributed by atoms with Crippen LogP contribution in [0, 0.1) is 22.7 Å². The van der Waals surface area contributed by atoms with E-state index in [9.17, 15) is 19.8 Å². The van der Waals surface area contributed by atoms with Crippen LogP contribution in [0.25, 0.3) is 0 Å². The fourth-order valence-corrected chi connectivity index (χ4v) is 12.9. The molecule has 4 fully saturated rings. The zero-order chi connectivity index (χ0) is 45.0. The van der Waals surface area contributed by atoms with E-state index in [1.54, 1.807) is 14.2 Å². The summed E-state index contributed by atoms with van der Waals surface area (Å²) >= 11 is 0. The first-order valence-corrected chi connectivity index (χ1v) is 24.0. The molecule has 4 saturated carbocycles. The molecule has 0 unspecified atom stereocenters. The fraction of sp³-hybridized carbons (Fsp3) is 0.536. The summed E-state index contributed by atoms with van der Waals surface area (Å²) in [5.74, 6) is 2.81. The van der Waals surface area contributed by atoms with Crippen molar-refractivity contribution in [1.29, 1.82) is 0 Å². The Kier molecular flexibility index (Phi) is 11.8. The lowest BCUT2D eigenvalue weighted by molar-refractivity contribution is -0.140. The normalized spacial score (nSPS) is 27.7. The predicted molar refractivity (Wildman–Crippen MR) is 249 cm³/mol. The standard InChI is InChI=1S/2C28H34O4/c2*1-27(2)12-5-7-22(27)21-14-18(8-11-25(21)31-3)17-32-20-10-9-19-6-4-13-28(23(19)15-20)16-24(28)26(29)30/h2*8-11,14-15,22,24H,4-7,12-13,16-17H2,1-3H3,(H,29,30)/t22-,24+,28+;22-,24-,28-/m00/s1. The van der Waals surface area contributed by atoms with Crippen molar-refractivity contribution in [3.8, 4) is 23.0 Å². The Morgan fingerprint density at radius 2 is 0.984 bits per heavy atom. The number of hydrogen-bond acceptors (Lipinski definition) is 6. The number of aryl methyl sites for hydroxylation is 2. The second-order valence-corrected chi connectivity index (χ2v) is 21.4. The van der Waals surface area contributed by atoms with Crippen LogP contribution in [0.2, 0.25) is 0 Å². The number of benzene rings is 4. The first-order chi connectivity index (χ1) is 30.7. The third-order valence-electron chi connectivity index (χ3n) is 16.8. The average Bonchev–Trinajstić information content (AvgIpc) is 4.12. The predicted octanol–water partition coefficient (Wildman–Crippen LogP) is 12.5. The molecule has 8 heteroatoms. The molecule has 4 aromatic carbocycles. The van der Waals surface area contributed by atoms with Gasteiger partial charge in [0, 0.05) is 10.8 Å². The average molecular weight is 869 g/mol. The van der Waals surface area contributed by atoms with Crippen molar-refractivity contribution in [2.24, 2.45) is 22.7 Å². The van der Waals surface area contributed by atoms with Gasteiger partial charge in [-0.2, -0.15) is 0 Å². The molecule has 0 aliphatic heterocycles. The highest BCUT2D eigenvalue weighted by Crippen LogP contribution is 2.62. The SMILES string of the molecule is COc1ccc(COc2ccc3c(c2)[C@@]2(CCC3)C[C@@H]2C(=O)O)cc1[C@@H]1CCCC1(C)C.COc1ccc(COc2ccc3c(c2)[C@]2(CCC3)C[C@H]2C(=O)O)cc1[C@@H]1CCCC1(C)C. The monoisotopic (exact) mass is 868 g/mol. The summed E-state index contributed by atoms with van der Waals surface area (Å²) < 4.78 is 23.9. The number of carboxylic acid groups (broad SMARTS) is 2. The smallest absolute Gasteiger partial charge is 0.307 e. The van der Waals surface area contributed by atoms with Gasteiger partial charge in [0.25, 0.3) is 0 Å². The Balaban J connectivity index is 0.000000162. The van der Waals surface area contributed by atoms with Crippen molar-refractivity contribution in [3.63, 3.8) is 0 Å². The Bertz CT molecular complexity index is 2250. The lowest BCUT2D eigenvalue weighted by Gasteiger charge is -2.29.